The summed E-state index contributed by atoms with van der Waals surface area (Å²) in [4.78, 5) is 21.9. The summed E-state index contributed by atoms with van der Waals surface area (Å²) < 4.78 is 0. The Balaban J connectivity index is 2.19. The van der Waals surface area contributed by atoms with Crippen molar-refractivity contribution in [2.24, 2.45) is 0 Å². The molecule has 0 saturated carbocycles. The molecular weight excluding hydrogens is 318 g/mol. The van der Waals surface area contributed by atoms with E-state index in [0.717, 1.165) is 6.42 Å². The largest absolute Gasteiger partial charge is 0.395 e. The first-order valence-corrected chi connectivity index (χ1v) is 8.16. The third kappa shape index (κ3) is 4.36. The zero-order chi connectivity index (χ0) is 16.7. The molecule has 0 amide bonds. The van der Waals surface area contributed by atoms with Crippen LogP contribution in [0.15, 0.2) is 23.8 Å². The van der Waals surface area contributed by atoms with Gasteiger partial charge in [0.15, 0.2) is 0 Å². The van der Waals surface area contributed by atoms with Crippen LogP contribution < -0.4 is 10.2 Å². The van der Waals surface area contributed by atoms with Gasteiger partial charge in [0, 0.05) is 24.5 Å². The Kier molecular flexibility index (Phi) is 6.24. The maximum atomic E-state index is 11.5. The summed E-state index contributed by atoms with van der Waals surface area (Å²) in [6, 6.07) is 3.99. The van der Waals surface area contributed by atoms with Crippen molar-refractivity contribution in [3.05, 3.63) is 38.8 Å². The Bertz CT molecular complexity index is 635. The summed E-state index contributed by atoms with van der Waals surface area (Å²) in [7, 11) is 0. The molecule has 0 atom stereocenters. The molecule has 0 bridgehead atoms. The Hall–Kier alpha value is -2.26. The molecule has 23 heavy (non-hydrogen) atoms. The Morgan fingerprint density at radius 3 is 2.91 bits per heavy atom. The highest BCUT2D eigenvalue weighted by atomic mass is 32.1. The highest BCUT2D eigenvalue weighted by Crippen LogP contribution is 2.31. The summed E-state index contributed by atoms with van der Waals surface area (Å²) in [6.07, 6.45) is 2.07. The number of hydrogen-bond acceptors (Lipinski definition) is 8. The van der Waals surface area contributed by atoms with Crippen LogP contribution in [0.2, 0.25) is 0 Å². The number of nitrogens with zero attached hydrogens (tertiary/aromatic N) is 4. The van der Waals surface area contributed by atoms with Crippen molar-refractivity contribution in [3.63, 3.8) is 0 Å². The number of thiophene rings is 1. The highest BCUT2D eigenvalue weighted by molar-refractivity contribution is 7.09. The number of nitro groups is 1. The lowest BCUT2D eigenvalue weighted by Gasteiger charge is -2.20. The number of aromatic nitrogens is 2. The number of anilines is 2. The fraction of sp³-hybridized carbons (Fsp3) is 0.429. The van der Waals surface area contributed by atoms with Gasteiger partial charge in [-0.2, -0.15) is 0 Å². The van der Waals surface area contributed by atoms with Crippen LogP contribution >= 0.6 is 11.3 Å². The van der Waals surface area contributed by atoms with Crippen molar-refractivity contribution < 1.29 is 10.0 Å². The van der Waals surface area contributed by atoms with E-state index in [0.29, 0.717) is 13.1 Å². The first-order valence-electron chi connectivity index (χ1n) is 7.28. The lowest BCUT2D eigenvalue weighted by molar-refractivity contribution is -0.383. The first-order chi connectivity index (χ1) is 11.2. The molecule has 0 fully saturated rings. The summed E-state index contributed by atoms with van der Waals surface area (Å²) in [5.74, 6) is 0.424. The maximum absolute atomic E-state index is 11.5. The molecule has 2 aromatic heterocycles. The Morgan fingerprint density at radius 2 is 2.30 bits per heavy atom. The molecule has 0 aromatic carbocycles. The molecule has 0 aliphatic carbocycles. The van der Waals surface area contributed by atoms with Gasteiger partial charge in [0.2, 0.25) is 11.6 Å². The molecule has 0 spiro atoms. The number of rotatable bonds is 9. The number of nitrogens with one attached hydrogen (secondary N) is 1. The van der Waals surface area contributed by atoms with E-state index in [1.807, 2.05) is 24.4 Å². The van der Waals surface area contributed by atoms with Crippen molar-refractivity contribution in [1.29, 1.82) is 0 Å². The van der Waals surface area contributed by atoms with Gasteiger partial charge in [0.05, 0.1) is 11.5 Å². The van der Waals surface area contributed by atoms with E-state index in [1.165, 1.54) is 11.2 Å². The quantitative estimate of drug-likeness (QED) is 0.532. The molecule has 0 saturated heterocycles. The average Bonchev–Trinajstić information content (AvgIpc) is 3.05. The number of aliphatic hydroxyl groups excluding tert-OH is 1. The Morgan fingerprint density at radius 1 is 1.48 bits per heavy atom. The summed E-state index contributed by atoms with van der Waals surface area (Å²) in [5, 5.41) is 25.6. The normalized spacial score (nSPS) is 10.5. The molecule has 9 heteroatoms. The van der Waals surface area contributed by atoms with Crippen LogP contribution in [-0.4, -0.2) is 46.2 Å². The van der Waals surface area contributed by atoms with Gasteiger partial charge < -0.3 is 15.3 Å². The third-order valence-electron chi connectivity index (χ3n) is 3.28. The van der Waals surface area contributed by atoms with E-state index in [4.69, 9.17) is 5.11 Å². The highest BCUT2D eigenvalue weighted by Gasteiger charge is 2.26. The van der Waals surface area contributed by atoms with Crippen LogP contribution in [-0.2, 0) is 6.42 Å². The van der Waals surface area contributed by atoms with Gasteiger partial charge in [-0.1, -0.05) is 6.07 Å². The molecule has 2 heterocycles. The van der Waals surface area contributed by atoms with Gasteiger partial charge in [-0.25, -0.2) is 9.97 Å². The molecule has 8 nitrogen and oxygen atoms in total. The van der Waals surface area contributed by atoms with Gasteiger partial charge in [0.1, 0.15) is 6.33 Å². The monoisotopic (exact) mass is 337 g/mol. The third-order valence-corrected chi connectivity index (χ3v) is 4.22. The smallest absolute Gasteiger partial charge is 0.353 e. The summed E-state index contributed by atoms with van der Waals surface area (Å²) >= 11 is 1.64. The second-order valence-corrected chi connectivity index (χ2v) is 5.74. The molecule has 0 aliphatic rings. The van der Waals surface area contributed by atoms with E-state index >= 15 is 0 Å². The van der Waals surface area contributed by atoms with Crippen molar-refractivity contribution in [2.75, 3.05) is 36.5 Å². The number of likely N-dealkylation sites (N-methyl/N-ethyl adjacent to an activating group) is 1. The first kappa shape index (κ1) is 17.1. The zero-order valence-electron chi connectivity index (χ0n) is 12.8. The van der Waals surface area contributed by atoms with Gasteiger partial charge in [-0.05, 0) is 24.8 Å². The predicted molar refractivity (Wildman–Crippen MR) is 90.2 cm³/mol. The van der Waals surface area contributed by atoms with Crippen LogP contribution in [0, 0.1) is 10.1 Å². The van der Waals surface area contributed by atoms with Crippen molar-refractivity contribution in [2.45, 2.75) is 13.3 Å². The zero-order valence-corrected chi connectivity index (χ0v) is 13.6. The fourth-order valence-electron chi connectivity index (χ4n) is 2.19. The van der Waals surface area contributed by atoms with Crippen LogP contribution in [0.25, 0.3) is 0 Å². The lowest BCUT2D eigenvalue weighted by atomic mass is 10.3. The molecule has 2 rings (SSSR count). The number of hydrogen-bond donors (Lipinski definition) is 2. The molecule has 0 radical (unpaired) electrons. The SMILES string of the molecule is CCN(CCO)c1ncnc(NCCc2cccs2)c1[N+](=O)[O-]. The minimum Gasteiger partial charge on any atom is -0.395 e. The molecule has 2 aromatic rings. The second kappa shape index (κ2) is 8.39. The van der Waals surface area contributed by atoms with E-state index in [2.05, 4.69) is 15.3 Å². The van der Waals surface area contributed by atoms with Crippen molar-refractivity contribution in [1.82, 2.24) is 9.97 Å². The van der Waals surface area contributed by atoms with E-state index in [-0.39, 0.29) is 30.5 Å². The van der Waals surface area contributed by atoms with E-state index in [9.17, 15) is 10.1 Å². The molecule has 124 valence electrons. The van der Waals surface area contributed by atoms with Crippen LogP contribution in [0.1, 0.15) is 11.8 Å². The molecule has 0 unspecified atom stereocenters. The summed E-state index contributed by atoms with van der Waals surface area (Å²) in [5.41, 5.74) is -0.158. The summed E-state index contributed by atoms with van der Waals surface area (Å²) in [6.45, 7) is 3.08. The predicted octanol–water partition coefficient (Wildman–Crippen LogP) is 1.92. The van der Waals surface area contributed by atoms with Crippen molar-refractivity contribution in [3.8, 4) is 0 Å². The van der Waals surface area contributed by atoms with Crippen molar-refractivity contribution >= 4 is 28.7 Å². The fourth-order valence-corrected chi connectivity index (χ4v) is 2.90. The van der Waals surface area contributed by atoms with E-state index in [1.54, 1.807) is 16.2 Å². The minimum absolute atomic E-state index is 0.101. The van der Waals surface area contributed by atoms with Crippen LogP contribution in [0.5, 0.6) is 0 Å². The maximum Gasteiger partial charge on any atom is 0.353 e. The van der Waals surface area contributed by atoms with Gasteiger partial charge in [-0.3, -0.25) is 10.1 Å². The number of aliphatic hydroxyl groups is 1. The average molecular weight is 337 g/mol. The minimum atomic E-state index is -0.483. The molecule has 2 N–H and O–H groups in total. The van der Waals surface area contributed by atoms with Gasteiger partial charge in [0.25, 0.3) is 0 Å². The van der Waals surface area contributed by atoms with Gasteiger partial charge in [-0.15, -0.1) is 11.3 Å². The molecule has 0 aliphatic heterocycles. The van der Waals surface area contributed by atoms with Crippen LogP contribution in [0.4, 0.5) is 17.3 Å². The lowest BCUT2D eigenvalue weighted by Crippen LogP contribution is -2.28. The topological polar surface area (TPSA) is 104 Å². The second-order valence-electron chi connectivity index (χ2n) is 4.71. The van der Waals surface area contributed by atoms with Gasteiger partial charge >= 0.3 is 5.69 Å². The molecular formula is C14H19N5O3S. The Labute approximate surface area is 138 Å². The standard InChI is InChI=1S/C14H19N5O3S/c1-2-18(7-8-20)14-12(19(21)22)13(16-10-17-14)15-6-5-11-4-3-9-23-11/h3-4,9-10,20H,2,5-8H2,1H3,(H,15,16,17). The van der Waals surface area contributed by atoms with Crippen LogP contribution in [0.3, 0.4) is 0 Å². The van der Waals surface area contributed by atoms with E-state index < -0.39 is 4.92 Å².